The summed E-state index contributed by atoms with van der Waals surface area (Å²) in [6.45, 7) is 4.00. The minimum atomic E-state index is 0.354. The first-order valence-electron chi connectivity index (χ1n) is 4.59. The monoisotopic (exact) mass is 226 g/mol. The zero-order valence-corrected chi connectivity index (χ0v) is 9.78. The van der Waals surface area contributed by atoms with E-state index < -0.39 is 0 Å². The van der Waals surface area contributed by atoms with E-state index in [0.29, 0.717) is 5.25 Å². The SMILES string of the molecule is CCNCC(C=S)Sc1ccncc1. The van der Waals surface area contributed by atoms with Crippen LogP contribution in [0, 0.1) is 0 Å². The van der Waals surface area contributed by atoms with Crippen LogP contribution in [0.25, 0.3) is 0 Å². The Morgan fingerprint density at radius 3 is 2.86 bits per heavy atom. The first kappa shape index (κ1) is 11.6. The summed E-state index contributed by atoms with van der Waals surface area (Å²) in [4.78, 5) is 5.19. The molecule has 0 saturated carbocycles. The molecule has 0 aromatic carbocycles. The first-order chi connectivity index (χ1) is 6.86. The number of nitrogens with one attached hydrogen (secondary N) is 1. The second-order valence-corrected chi connectivity index (χ2v) is 4.37. The lowest BCUT2D eigenvalue weighted by Gasteiger charge is -2.11. The number of nitrogens with zero attached hydrogens (tertiary/aromatic N) is 1. The maximum Gasteiger partial charge on any atom is 0.0502 e. The molecule has 0 aliphatic carbocycles. The lowest BCUT2D eigenvalue weighted by Crippen LogP contribution is -2.24. The molecule has 0 bridgehead atoms. The van der Waals surface area contributed by atoms with Crippen LogP contribution in [0.4, 0.5) is 0 Å². The molecule has 0 radical (unpaired) electrons. The van der Waals surface area contributed by atoms with Crippen LogP contribution in [0.2, 0.25) is 0 Å². The third kappa shape index (κ3) is 4.17. The van der Waals surface area contributed by atoms with Gasteiger partial charge in [-0.25, -0.2) is 0 Å². The van der Waals surface area contributed by atoms with E-state index in [2.05, 4.69) is 17.2 Å². The predicted molar refractivity (Wildman–Crippen MR) is 66.1 cm³/mol. The number of thiocarbonyl (C=S) groups is 1. The van der Waals surface area contributed by atoms with E-state index in [1.807, 2.05) is 17.5 Å². The first-order valence-corrected chi connectivity index (χ1v) is 5.94. The average Bonchev–Trinajstić information content (AvgIpc) is 2.25. The van der Waals surface area contributed by atoms with Gasteiger partial charge in [-0.15, -0.1) is 11.8 Å². The van der Waals surface area contributed by atoms with Gasteiger partial charge in [-0.2, -0.15) is 0 Å². The van der Waals surface area contributed by atoms with Crippen LogP contribution in [-0.4, -0.2) is 28.7 Å². The molecule has 4 heteroatoms. The molecule has 0 spiro atoms. The highest BCUT2D eigenvalue weighted by atomic mass is 32.2. The molecule has 1 rings (SSSR count). The molecule has 1 unspecified atom stereocenters. The third-order valence-electron chi connectivity index (χ3n) is 1.68. The zero-order chi connectivity index (χ0) is 10.2. The van der Waals surface area contributed by atoms with E-state index in [1.54, 1.807) is 24.2 Å². The molecule has 1 aromatic heterocycles. The molecule has 1 heterocycles. The van der Waals surface area contributed by atoms with Crippen molar-refractivity contribution in [2.75, 3.05) is 13.1 Å². The van der Waals surface area contributed by atoms with Crippen molar-refractivity contribution >= 4 is 29.3 Å². The van der Waals surface area contributed by atoms with Crippen molar-refractivity contribution in [3.63, 3.8) is 0 Å². The fourth-order valence-electron chi connectivity index (χ4n) is 0.996. The van der Waals surface area contributed by atoms with Crippen LogP contribution >= 0.6 is 24.0 Å². The van der Waals surface area contributed by atoms with Gasteiger partial charge < -0.3 is 5.32 Å². The number of aromatic nitrogens is 1. The van der Waals surface area contributed by atoms with Gasteiger partial charge in [0, 0.05) is 23.8 Å². The Kier molecular flexibility index (Phi) is 5.75. The summed E-state index contributed by atoms with van der Waals surface area (Å²) in [5, 5.41) is 5.45. The van der Waals surface area contributed by atoms with Gasteiger partial charge in [0.1, 0.15) is 0 Å². The van der Waals surface area contributed by atoms with Crippen LogP contribution in [0.1, 0.15) is 6.92 Å². The van der Waals surface area contributed by atoms with Gasteiger partial charge in [0.25, 0.3) is 0 Å². The fraction of sp³-hybridized carbons (Fsp3) is 0.400. The van der Waals surface area contributed by atoms with Crippen molar-refractivity contribution in [3.8, 4) is 0 Å². The van der Waals surface area contributed by atoms with Crippen molar-refractivity contribution in [2.24, 2.45) is 0 Å². The highest BCUT2D eigenvalue weighted by Crippen LogP contribution is 2.20. The van der Waals surface area contributed by atoms with Crippen LogP contribution in [-0.2, 0) is 0 Å². The zero-order valence-electron chi connectivity index (χ0n) is 8.14. The molecule has 0 aliphatic rings. The minimum absolute atomic E-state index is 0.354. The number of thioether (sulfide) groups is 1. The molecular formula is C10H14N2S2. The number of rotatable bonds is 6. The molecule has 14 heavy (non-hydrogen) atoms. The molecule has 0 aliphatic heterocycles. The molecule has 1 aromatic rings. The number of hydrogen-bond acceptors (Lipinski definition) is 4. The Balaban J connectivity index is 2.44. The highest BCUT2D eigenvalue weighted by molar-refractivity contribution is 8.01. The largest absolute Gasteiger partial charge is 0.316 e. The highest BCUT2D eigenvalue weighted by Gasteiger charge is 2.05. The van der Waals surface area contributed by atoms with E-state index in [4.69, 9.17) is 12.2 Å². The summed E-state index contributed by atoms with van der Waals surface area (Å²) in [5.41, 5.74) is 0. The predicted octanol–water partition coefficient (Wildman–Crippen LogP) is 2.15. The van der Waals surface area contributed by atoms with Crippen LogP contribution < -0.4 is 5.32 Å². The van der Waals surface area contributed by atoms with Crippen LogP contribution in [0.3, 0.4) is 0 Å². The Morgan fingerprint density at radius 1 is 1.57 bits per heavy atom. The Morgan fingerprint density at radius 2 is 2.29 bits per heavy atom. The molecule has 76 valence electrons. The quantitative estimate of drug-likeness (QED) is 0.593. The lowest BCUT2D eigenvalue weighted by atomic mass is 10.4. The Bertz CT molecular complexity index is 264. The van der Waals surface area contributed by atoms with Crippen molar-refractivity contribution in [1.29, 1.82) is 0 Å². The molecule has 1 N–H and O–H groups in total. The molecular weight excluding hydrogens is 212 g/mol. The van der Waals surface area contributed by atoms with Gasteiger partial charge in [-0.1, -0.05) is 19.1 Å². The Hall–Kier alpha value is -0.450. The summed E-state index contributed by atoms with van der Waals surface area (Å²) < 4.78 is 0. The van der Waals surface area contributed by atoms with Crippen molar-refractivity contribution in [1.82, 2.24) is 10.3 Å². The fourth-order valence-corrected chi connectivity index (χ4v) is 2.14. The third-order valence-corrected chi connectivity index (χ3v) is 3.34. The van der Waals surface area contributed by atoms with E-state index in [-0.39, 0.29) is 0 Å². The summed E-state index contributed by atoms with van der Waals surface area (Å²) >= 11 is 6.75. The molecule has 0 fully saturated rings. The maximum absolute atomic E-state index is 4.98. The van der Waals surface area contributed by atoms with Gasteiger partial charge in [0.2, 0.25) is 0 Å². The summed E-state index contributed by atoms with van der Waals surface area (Å²) in [5.74, 6) is 0. The summed E-state index contributed by atoms with van der Waals surface area (Å²) in [6, 6.07) is 4.00. The van der Waals surface area contributed by atoms with Gasteiger partial charge in [0.05, 0.1) is 5.25 Å². The number of pyridine rings is 1. The minimum Gasteiger partial charge on any atom is -0.316 e. The molecule has 0 saturated heterocycles. The van der Waals surface area contributed by atoms with Gasteiger partial charge >= 0.3 is 0 Å². The van der Waals surface area contributed by atoms with Crippen LogP contribution in [0.5, 0.6) is 0 Å². The summed E-state index contributed by atoms with van der Waals surface area (Å²) in [6.07, 6.45) is 3.60. The summed E-state index contributed by atoms with van der Waals surface area (Å²) in [7, 11) is 0. The van der Waals surface area contributed by atoms with Crippen molar-refractivity contribution < 1.29 is 0 Å². The molecule has 1 atom stereocenters. The van der Waals surface area contributed by atoms with E-state index in [0.717, 1.165) is 13.1 Å². The normalized spacial score (nSPS) is 12.4. The van der Waals surface area contributed by atoms with Gasteiger partial charge in [-0.3, -0.25) is 4.98 Å². The topological polar surface area (TPSA) is 24.9 Å². The Labute approximate surface area is 94.5 Å². The lowest BCUT2D eigenvalue weighted by molar-refractivity contribution is 0.749. The standard InChI is InChI=1S/C10H14N2S2/c1-2-11-7-10(8-13)14-9-3-5-12-6-4-9/h3-6,8,10-11H,2,7H2,1H3. The molecule has 2 nitrogen and oxygen atoms in total. The smallest absolute Gasteiger partial charge is 0.0502 e. The van der Waals surface area contributed by atoms with Crippen molar-refractivity contribution in [3.05, 3.63) is 24.5 Å². The van der Waals surface area contributed by atoms with E-state index in [1.165, 1.54) is 4.90 Å². The number of hydrogen-bond donors (Lipinski definition) is 1. The van der Waals surface area contributed by atoms with Gasteiger partial charge in [0.15, 0.2) is 0 Å². The average molecular weight is 226 g/mol. The van der Waals surface area contributed by atoms with E-state index in [9.17, 15) is 0 Å². The van der Waals surface area contributed by atoms with Crippen molar-refractivity contribution in [2.45, 2.75) is 17.1 Å². The van der Waals surface area contributed by atoms with Crippen LogP contribution in [0.15, 0.2) is 29.4 Å². The second kappa shape index (κ2) is 6.92. The molecule has 0 amide bonds. The van der Waals surface area contributed by atoms with E-state index >= 15 is 0 Å². The van der Waals surface area contributed by atoms with Gasteiger partial charge in [-0.05, 0) is 24.0 Å². The maximum atomic E-state index is 4.98. The second-order valence-electron chi connectivity index (χ2n) is 2.78.